The quantitative estimate of drug-likeness (QED) is 0.484. The summed E-state index contributed by atoms with van der Waals surface area (Å²) in [6, 6.07) is 14.3. The fourth-order valence-corrected chi connectivity index (χ4v) is 2.43. The van der Waals surface area contributed by atoms with E-state index in [0.717, 1.165) is 5.56 Å². The van der Waals surface area contributed by atoms with Gasteiger partial charge in [-0.25, -0.2) is 4.98 Å². The number of aromatic nitrogens is 1. The second-order valence-electron chi connectivity index (χ2n) is 5.03. The maximum absolute atomic E-state index is 12.3. The maximum Gasteiger partial charge on any atom is 0.262 e. The van der Waals surface area contributed by atoms with E-state index in [-0.39, 0.29) is 11.6 Å². The fourth-order valence-electron chi connectivity index (χ4n) is 2.07. The molecule has 1 atom stereocenters. The zero-order valence-electron chi connectivity index (χ0n) is 13.3. The topological polar surface area (TPSA) is 75.0 Å². The normalized spacial score (nSPS) is 12.2. The summed E-state index contributed by atoms with van der Waals surface area (Å²) in [5, 5.41) is 12.1. The average molecular weight is 386 g/mol. The van der Waals surface area contributed by atoms with Crippen LogP contribution in [0.2, 0.25) is 0 Å². The molecule has 1 aromatic heterocycles. The lowest BCUT2D eigenvalue weighted by atomic mass is 10.1. The summed E-state index contributed by atoms with van der Waals surface area (Å²) < 4.78 is 5.82. The predicted molar refractivity (Wildman–Crippen MR) is 95.1 cm³/mol. The van der Waals surface area contributed by atoms with Gasteiger partial charge in [-0.2, -0.15) is 5.26 Å². The van der Waals surface area contributed by atoms with E-state index < -0.39 is 5.91 Å². The Balaban J connectivity index is 2.15. The number of nitrogens with one attached hydrogen (secondary N) is 1. The first kappa shape index (κ1) is 17.7. The predicted octanol–water partition coefficient (Wildman–Crippen LogP) is 3.64. The van der Waals surface area contributed by atoms with Crippen LogP contribution in [0.25, 0.3) is 6.08 Å². The van der Waals surface area contributed by atoms with Crippen LogP contribution in [-0.4, -0.2) is 18.0 Å². The van der Waals surface area contributed by atoms with Gasteiger partial charge in [-0.15, -0.1) is 0 Å². The van der Waals surface area contributed by atoms with Gasteiger partial charge < -0.3 is 10.1 Å². The lowest BCUT2D eigenvalue weighted by Crippen LogP contribution is -2.27. The molecule has 0 fully saturated rings. The van der Waals surface area contributed by atoms with E-state index in [1.807, 2.05) is 37.3 Å². The number of rotatable bonds is 5. The molecule has 1 aromatic carbocycles. The second kappa shape index (κ2) is 8.27. The van der Waals surface area contributed by atoms with Crippen molar-refractivity contribution < 1.29 is 9.53 Å². The molecular formula is C18H16BrN3O2. The first-order valence-electron chi connectivity index (χ1n) is 7.22. The van der Waals surface area contributed by atoms with Gasteiger partial charge in [0.15, 0.2) is 0 Å². The molecule has 0 unspecified atom stereocenters. The van der Waals surface area contributed by atoms with Crippen molar-refractivity contribution in [1.29, 1.82) is 5.26 Å². The van der Waals surface area contributed by atoms with Crippen LogP contribution in [-0.2, 0) is 4.79 Å². The van der Waals surface area contributed by atoms with Crippen molar-refractivity contribution in [2.45, 2.75) is 13.0 Å². The first-order chi connectivity index (χ1) is 11.5. The minimum absolute atomic E-state index is 0.00431. The molecule has 0 bridgehead atoms. The number of halogens is 1. The highest BCUT2D eigenvalue weighted by atomic mass is 79.9. The van der Waals surface area contributed by atoms with E-state index in [4.69, 9.17) is 4.74 Å². The summed E-state index contributed by atoms with van der Waals surface area (Å²) in [5.74, 6) is 0.262. The van der Waals surface area contributed by atoms with E-state index in [0.29, 0.717) is 16.0 Å². The number of ether oxygens (including phenoxy) is 1. The Morgan fingerprint density at radius 3 is 2.79 bits per heavy atom. The van der Waals surface area contributed by atoms with Gasteiger partial charge >= 0.3 is 0 Å². The zero-order valence-corrected chi connectivity index (χ0v) is 14.9. The molecule has 0 saturated heterocycles. The molecule has 1 heterocycles. The summed E-state index contributed by atoms with van der Waals surface area (Å²) in [5.41, 5.74) is 1.42. The van der Waals surface area contributed by atoms with Crippen molar-refractivity contribution in [3.63, 3.8) is 0 Å². The van der Waals surface area contributed by atoms with Crippen molar-refractivity contribution in [2.24, 2.45) is 0 Å². The van der Waals surface area contributed by atoms with E-state index in [1.165, 1.54) is 6.08 Å². The molecule has 0 aliphatic carbocycles. The molecule has 0 saturated carbocycles. The van der Waals surface area contributed by atoms with Gasteiger partial charge in [0, 0.05) is 0 Å². The number of carbonyl (C=O) groups is 1. The third-order valence-electron chi connectivity index (χ3n) is 3.34. The standard InChI is InChI=1S/C18H16BrN3O2/c1-12(13-5-3-7-16(10-13)24-2)21-18(23)14(11-20)9-15-6-4-8-17(19)22-15/h3-10,12H,1-2H3,(H,21,23)/b14-9+/t12-/m0/s1. The first-order valence-corrected chi connectivity index (χ1v) is 8.02. The van der Waals surface area contributed by atoms with Crippen molar-refractivity contribution in [1.82, 2.24) is 10.3 Å². The second-order valence-corrected chi connectivity index (χ2v) is 5.84. The summed E-state index contributed by atoms with van der Waals surface area (Å²) in [7, 11) is 1.59. The van der Waals surface area contributed by atoms with Gasteiger partial charge in [-0.05, 0) is 58.8 Å². The van der Waals surface area contributed by atoms with Crippen LogP contribution >= 0.6 is 15.9 Å². The molecule has 5 nitrogen and oxygen atoms in total. The van der Waals surface area contributed by atoms with Crippen molar-refractivity contribution in [3.8, 4) is 11.8 Å². The third-order valence-corrected chi connectivity index (χ3v) is 3.78. The molecule has 1 amide bonds. The van der Waals surface area contributed by atoms with Crippen LogP contribution in [0.4, 0.5) is 0 Å². The molecule has 6 heteroatoms. The number of pyridine rings is 1. The summed E-state index contributed by atoms with van der Waals surface area (Å²) in [4.78, 5) is 16.5. The van der Waals surface area contributed by atoms with Crippen molar-refractivity contribution >= 4 is 27.9 Å². The van der Waals surface area contributed by atoms with E-state index in [1.54, 1.807) is 25.3 Å². The van der Waals surface area contributed by atoms with Crippen LogP contribution < -0.4 is 10.1 Å². The molecule has 0 spiro atoms. The Hall–Kier alpha value is -2.65. The number of hydrogen-bond acceptors (Lipinski definition) is 4. The molecule has 2 aromatic rings. The number of nitriles is 1. The van der Waals surface area contributed by atoms with Crippen LogP contribution in [0.3, 0.4) is 0 Å². The Kier molecular flexibility index (Phi) is 6.10. The number of amides is 1. The van der Waals surface area contributed by atoms with Crippen LogP contribution in [0.15, 0.2) is 52.6 Å². The minimum Gasteiger partial charge on any atom is -0.497 e. The number of benzene rings is 1. The van der Waals surface area contributed by atoms with Crippen molar-refractivity contribution in [3.05, 3.63) is 63.9 Å². The van der Waals surface area contributed by atoms with Gasteiger partial charge in [0.05, 0.1) is 18.8 Å². The lowest BCUT2D eigenvalue weighted by Gasteiger charge is -2.14. The third kappa shape index (κ3) is 4.67. The highest BCUT2D eigenvalue weighted by Crippen LogP contribution is 2.19. The Morgan fingerprint density at radius 1 is 1.38 bits per heavy atom. The zero-order chi connectivity index (χ0) is 17.5. The number of methoxy groups -OCH3 is 1. The minimum atomic E-state index is -0.449. The summed E-state index contributed by atoms with van der Waals surface area (Å²) in [6.07, 6.45) is 1.46. The Morgan fingerprint density at radius 2 is 2.12 bits per heavy atom. The van der Waals surface area contributed by atoms with Crippen LogP contribution in [0, 0.1) is 11.3 Å². The maximum atomic E-state index is 12.3. The van der Waals surface area contributed by atoms with E-state index in [2.05, 4.69) is 26.2 Å². The molecule has 24 heavy (non-hydrogen) atoms. The van der Waals surface area contributed by atoms with E-state index >= 15 is 0 Å². The molecule has 2 rings (SSSR count). The van der Waals surface area contributed by atoms with Gasteiger partial charge in [0.25, 0.3) is 5.91 Å². The molecule has 0 aliphatic heterocycles. The SMILES string of the molecule is COc1cccc([C@H](C)NC(=O)/C(C#N)=C/c2cccc(Br)n2)c1. The largest absolute Gasteiger partial charge is 0.497 e. The molecule has 122 valence electrons. The van der Waals surface area contributed by atoms with Gasteiger partial charge in [-0.1, -0.05) is 18.2 Å². The monoisotopic (exact) mass is 385 g/mol. The lowest BCUT2D eigenvalue weighted by molar-refractivity contribution is -0.117. The van der Waals surface area contributed by atoms with Crippen molar-refractivity contribution in [2.75, 3.05) is 7.11 Å². The highest BCUT2D eigenvalue weighted by Gasteiger charge is 2.14. The number of carbonyl (C=O) groups excluding carboxylic acids is 1. The summed E-state index contributed by atoms with van der Waals surface area (Å²) in [6.45, 7) is 1.85. The molecule has 0 radical (unpaired) electrons. The average Bonchev–Trinajstić information content (AvgIpc) is 2.59. The smallest absolute Gasteiger partial charge is 0.262 e. The molecule has 1 N–H and O–H groups in total. The number of nitrogens with zero attached hydrogens (tertiary/aromatic N) is 2. The van der Waals surface area contributed by atoms with Gasteiger partial charge in [0.1, 0.15) is 22.0 Å². The Bertz CT molecular complexity index is 812. The van der Waals surface area contributed by atoms with E-state index in [9.17, 15) is 10.1 Å². The van der Waals surface area contributed by atoms with Gasteiger partial charge in [0.2, 0.25) is 0 Å². The van der Waals surface area contributed by atoms with Gasteiger partial charge in [-0.3, -0.25) is 4.79 Å². The fraction of sp³-hybridized carbons (Fsp3) is 0.167. The number of hydrogen-bond donors (Lipinski definition) is 1. The molecular weight excluding hydrogens is 370 g/mol. The van der Waals surface area contributed by atoms with Crippen LogP contribution in [0.5, 0.6) is 5.75 Å². The Labute approximate surface area is 149 Å². The summed E-state index contributed by atoms with van der Waals surface area (Å²) >= 11 is 3.26. The highest BCUT2D eigenvalue weighted by molar-refractivity contribution is 9.10. The molecule has 0 aliphatic rings. The van der Waals surface area contributed by atoms with Crippen LogP contribution in [0.1, 0.15) is 24.2 Å².